The van der Waals surface area contributed by atoms with E-state index in [-0.39, 0.29) is 5.91 Å². The van der Waals surface area contributed by atoms with Crippen molar-refractivity contribution in [3.63, 3.8) is 0 Å². The average molecular weight is 269 g/mol. The number of halogens is 1. The first-order valence-corrected chi connectivity index (χ1v) is 6.43. The van der Waals surface area contributed by atoms with Gasteiger partial charge in [0.1, 0.15) is 12.4 Å². The van der Waals surface area contributed by atoms with Crippen LogP contribution < -0.4 is 10.5 Å². The number of amides is 1. The summed E-state index contributed by atoms with van der Waals surface area (Å²) >= 11 is 5.78. The van der Waals surface area contributed by atoms with Gasteiger partial charge in [-0.15, -0.1) is 0 Å². The van der Waals surface area contributed by atoms with E-state index in [1.54, 1.807) is 12.1 Å². The fraction of sp³-hybridized carbons (Fsp3) is 0.462. The second-order valence-electron chi connectivity index (χ2n) is 4.45. The van der Waals surface area contributed by atoms with Gasteiger partial charge in [-0.05, 0) is 36.7 Å². The van der Waals surface area contributed by atoms with Crippen molar-refractivity contribution in [3.05, 3.63) is 29.3 Å². The first kappa shape index (κ1) is 13.2. The lowest BCUT2D eigenvalue weighted by atomic mass is 10.1. The average Bonchev–Trinajstić information content (AvgIpc) is 2.73. The van der Waals surface area contributed by atoms with Crippen LogP contribution in [0.15, 0.2) is 24.3 Å². The standard InChI is InChI=1S/C13H17ClN2O2/c14-11-1-3-12(4-2-11)18-6-5-16-9-10(8-15)7-13(16)17/h1-4,10H,5-9,15H2. The Labute approximate surface area is 112 Å². The summed E-state index contributed by atoms with van der Waals surface area (Å²) in [6, 6.07) is 7.19. The van der Waals surface area contributed by atoms with Crippen molar-refractivity contribution >= 4 is 17.5 Å². The number of hydrogen-bond acceptors (Lipinski definition) is 3. The molecule has 1 heterocycles. The van der Waals surface area contributed by atoms with Gasteiger partial charge in [0.25, 0.3) is 0 Å². The summed E-state index contributed by atoms with van der Waals surface area (Å²) < 4.78 is 5.56. The van der Waals surface area contributed by atoms with E-state index in [9.17, 15) is 4.79 Å². The van der Waals surface area contributed by atoms with Crippen molar-refractivity contribution in [2.24, 2.45) is 11.7 Å². The molecule has 0 saturated carbocycles. The van der Waals surface area contributed by atoms with Crippen LogP contribution in [0.1, 0.15) is 6.42 Å². The van der Waals surface area contributed by atoms with Crippen LogP contribution >= 0.6 is 11.6 Å². The highest BCUT2D eigenvalue weighted by atomic mass is 35.5. The number of carbonyl (C=O) groups is 1. The fourth-order valence-electron chi connectivity index (χ4n) is 2.03. The maximum atomic E-state index is 11.6. The Morgan fingerprint density at radius 3 is 2.72 bits per heavy atom. The van der Waals surface area contributed by atoms with Gasteiger partial charge in [-0.3, -0.25) is 4.79 Å². The molecule has 1 amide bonds. The summed E-state index contributed by atoms with van der Waals surface area (Å²) in [5, 5.41) is 0.683. The van der Waals surface area contributed by atoms with E-state index in [0.29, 0.717) is 37.1 Å². The van der Waals surface area contributed by atoms with Crippen LogP contribution in [0, 0.1) is 5.92 Å². The lowest BCUT2D eigenvalue weighted by Crippen LogP contribution is -2.30. The third-order valence-electron chi connectivity index (χ3n) is 3.07. The van der Waals surface area contributed by atoms with Gasteiger partial charge in [0.05, 0.1) is 6.54 Å². The second kappa shape index (κ2) is 6.07. The van der Waals surface area contributed by atoms with Gasteiger partial charge in [-0.25, -0.2) is 0 Å². The minimum absolute atomic E-state index is 0.171. The molecule has 1 atom stereocenters. The van der Waals surface area contributed by atoms with Crippen molar-refractivity contribution in [1.29, 1.82) is 0 Å². The molecule has 1 aromatic carbocycles. The van der Waals surface area contributed by atoms with E-state index in [1.165, 1.54) is 0 Å². The molecule has 1 aromatic rings. The molecule has 0 spiro atoms. The Hall–Kier alpha value is -1.26. The van der Waals surface area contributed by atoms with E-state index >= 15 is 0 Å². The van der Waals surface area contributed by atoms with Gasteiger partial charge in [-0.2, -0.15) is 0 Å². The highest BCUT2D eigenvalue weighted by Crippen LogP contribution is 2.17. The third kappa shape index (κ3) is 3.37. The SMILES string of the molecule is NCC1CC(=O)N(CCOc2ccc(Cl)cc2)C1. The Morgan fingerprint density at radius 2 is 2.11 bits per heavy atom. The van der Waals surface area contributed by atoms with Crippen LogP contribution in [-0.2, 0) is 4.79 Å². The van der Waals surface area contributed by atoms with Gasteiger partial charge < -0.3 is 15.4 Å². The van der Waals surface area contributed by atoms with E-state index in [1.807, 2.05) is 17.0 Å². The van der Waals surface area contributed by atoms with Gasteiger partial charge >= 0.3 is 0 Å². The summed E-state index contributed by atoms with van der Waals surface area (Å²) in [6.45, 7) is 2.42. The van der Waals surface area contributed by atoms with Crippen LogP contribution in [0.3, 0.4) is 0 Å². The molecular weight excluding hydrogens is 252 g/mol. The van der Waals surface area contributed by atoms with Crippen molar-refractivity contribution in [3.8, 4) is 5.75 Å². The molecule has 1 aliphatic heterocycles. The van der Waals surface area contributed by atoms with Gasteiger partial charge in [0, 0.05) is 18.0 Å². The molecule has 2 rings (SSSR count). The minimum Gasteiger partial charge on any atom is -0.492 e. The van der Waals surface area contributed by atoms with E-state index < -0.39 is 0 Å². The molecule has 4 nitrogen and oxygen atoms in total. The molecule has 0 bridgehead atoms. The van der Waals surface area contributed by atoms with Gasteiger partial charge in [0.2, 0.25) is 5.91 Å². The quantitative estimate of drug-likeness (QED) is 0.881. The topological polar surface area (TPSA) is 55.6 Å². The Bertz CT molecular complexity index is 408. The summed E-state index contributed by atoms with van der Waals surface area (Å²) in [5.74, 6) is 1.24. The monoisotopic (exact) mass is 268 g/mol. The molecule has 5 heteroatoms. The third-order valence-corrected chi connectivity index (χ3v) is 3.32. The maximum Gasteiger partial charge on any atom is 0.223 e. The number of nitrogens with two attached hydrogens (primary N) is 1. The van der Waals surface area contributed by atoms with Crippen molar-refractivity contribution in [1.82, 2.24) is 4.90 Å². The zero-order valence-electron chi connectivity index (χ0n) is 10.1. The van der Waals surface area contributed by atoms with Crippen molar-refractivity contribution in [2.75, 3.05) is 26.2 Å². The summed E-state index contributed by atoms with van der Waals surface area (Å²) in [4.78, 5) is 13.4. The van der Waals surface area contributed by atoms with Crippen LogP contribution in [-0.4, -0.2) is 37.0 Å². The molecule has 1 saturated heterocycles. The normalized spacial score (nSPS) is 19.3. The smallest absolute Gasteiger partial charge is 0.223 e. The van der Waals surface area contributed by atoms with Crippen molar-refractivity contribution in [2.45, 2.75) is 6.42 Å². The first-order chi connectivity index (χ1) is 8.69. The summed E-state index contributed by atoms with van der Waals surface area (Å²) in [6.07, 6.45) is 0.567. The molecule has 98 valence electrons. The maximum absolute atomic E-state index is 11.6. The first-order valence-electron chi connectivity index (χ1n) is 6.05. The van der Waals surface area contributed by atoms with E-state index in [2.05, 4.69) is 0 Å². The summed E-state index contributed by atoms with van der Waals surface area (Å²) in [5.41, 5.74) is 5.57. The number of benzene rings is 1. The zero-order valence-corrected chi connectivity index (χ0v) is 10.9. The predicted molar refractivity (Wildman–Crippen MR) is 70.7 cm³/mol. The molecule has 0 aromatic heterocycles. The number of ether oxygens (including phenoxy) is 1. The Balaban J connectivity index is 1.75. The predicted octanol–water partition coefficient (Wildman–Crippen LogP) is 1.53. The van der Waals surface area contributed by atoms with Crippen LogP contribution in [0.2, 0.25) is 5.02 Å². The highest BCUT2D eigenvalue weighted by molar-refractivity contribution is 6.30. The Morgan fingerprint density at radius 1 is 1.39 bits per heavy atom. The van der Waals surface area contributed by atoms with Gasteiger partial charge in [-0.1, -0.05) is 11.6 Å². The van der Waals surface area contributed by atoms with Crippen LogP contribution in [0.4, 0.5) is 0 Å². The highest BCUT2D eigenvalue weighted by Gasteiger charge is 2.27. The largest absolute Gasteiger partial charge is 0.492 e. The minimum atomic E-state index is 0.171. The van der Waals surface area contributed by atoms with Crippen LogP contribution in [0.5, 0.6) is 5.75 Å². The molecule has 0 radical (unpaired) electrons. The Kier molecular flexibility index (Phi) is 4.44. The number of carbonyl (C=O) groups excluding carboxylic acids is 1. The number of likely N-dealkylation sites (tertiary alicyclic amines) is 1. The number of hydrogen-bond donors (Lipinski definition) is 1. The molecule has 1 unspecified atom stereocenters. The van der Waals surface area contributed by atoms with Crippen LogP contribution in [0.25, 0.3) is 0 Å². The fourth-order valence-corrected chi connectivity index (χ4v) is 2.16. The lowest BCUT2D eigenvalue weighted by molar-refractivity contribution is -0.128. The molecular formula is C13H17ClN2O2. The van der Waals surface area contributed by atoms with E-state index in [4.69, 9.17) is 22.1 Å². The molecule has 1 fully saturated rings. The zero-order chi connectivity index (χ0) is 13.0. The van der Waals surface area contributed by atoms with Gasteiger partial charge in [0.15, 0.2) is 0 Å². The number of nitrogens with zero attached hydrogens (tertiary/aromatic N) is 1. The number of rotatable bonds is 5. The molecule has 1 aliphatic rings. The van der Waals surface area contributed by atoms with E-state index in [0.717, 1.165) is 12.3 Å². The molecule has 0 aliphatic carbocycles. The molecule has 2 N–H and O–H groups in total. The second-order valence-corrected chi connectivity index (χ2v) is 4.88. The summed E-state index contributed by atoms with van der Waals surface area (Å²) in [7, 11) is 0. The molecule has 18 heavy (non-hydrogen) atoms. The lowest BCUT2D eigenvalue weighted by Gasteiger charge is -2.16. The van der Waals surface area contributed by atoms with Crippen molar-refractivity contribution < 1.29 is 9.53 Å².